The first-order valence-corrected chi connectivity index (χ1v) is 12.9. The van der Waals surface area contributed by atoms with Gasteiger partial charge < -0.3 is 26.8 Å². The van der Waals surface area contributed by atoms with Crippen LogP contribution < -0.4 is 26.8 Å². The number of amides is 1. The van der Waals surface area contributed by atoms with Gasteiger partial charge in [0.25, 0.3) is 5.91 Å². The fraction of sp³-hybridized carbons (Fsp3) is 0.188. The molecule has 4 aromatic carbocycles. The van der Waals surface area contributed by atoms with Gasteiger partial charge in [0, 0.05) is 23.1 Å². The molecule has 0 radical (unpaired) electrons. The SMILES string of the molecule is CC(C)Nc1ccc(-c2ccc(NC(=O)c3ccc(Oc4ccc(C(=O)C(C)C)cc4)cc3)c(N)c2)cc1N. The second-order valence-corrected chi connectivity index (χ2v) is 10.0. The number of nitrogens with two attached hydrogens (primary N) is 2. The first-order valence-electron chi connectivity index (χ1n) is 12.9. The summed E-state index contributed by atoms with van der Waals surface area (Å²) in [6, 6.07) is 25.4. The van der Waals surface area contributed by atoms with Gasteiger partial charge in [-0.15, -0.1) is 0 Å². The molecule has 1 amide bonds. The van der Waals surface area contributed by atoms with E-state index in [9.17, 15) is 9.59 Å². The normalized spacial score (nSPS) is 10.9. The van der Waals surface area contributed by atoms with Crippen molar-refractivity contribution in [2.45, 2.75) is 33.7 Å². The van der Waals surface area contributed by atoms with Gasteiger partial charge in [-0.1, -0.05) is 26.0 Å². The molecule has 0 aliphatic heterocycles. The molecule has 0 bridgehead atoms. The van der Waals surface area contributed by atoms with E-state index in [-0.39, 0.29) is 23.7 Å². The summed E-state index contributed by atoms with van der Waals surface area (Å²) < 4.78 is 5.86. The van der Waals surface area contributed by atoms with Crippen molar-refractivity contribution in [3.63, 3.8) is 0 Å². The summed E-state index contributed by atoms with van der Waals surface area (Å²) in [5.41, 5.74) is 17.9. The lowest BCUT2D eigenvalue weighted by Gasteiger charge is -2.14. The Morgan fingerprint density at radius 1 is 0.667 bits per heavy atom. The molecule has 0 atom stereocenters. The van der Waals surface area contributed by atoms with Crippen molar-refractivity contribution in [1.82, 2.24) is 0 Å². The number of ketones is 1. The van der Waals surface area contributed by atoms with Crippen LogP contribution in [0.4, 0.5) is 22.7 Å². The number of rotatable bonds is 9. The Morgan fingerprint density at radius 2 is 1.15 bits per heavy atom. The van der Waals surface area contributed by atoms with Crippen LogP contribution in [0.25, 0.3) is 11.1 Å². The molecule has 0 saturated heterocycles. The quantitative estimate of drug-likeness (QED) is 0.136. The summed E-state index contributed by atoms with van der Waals surface area (Å²) in [6.45, 7) is 7.86. The number of anilines is 4. The molecule has 6 N–H and O–H groups in total. The molecular formula is C32H34N4O3. The van der Waals surface area contributed by atoms with Crippen molar-refractivity contribution in [1.29, 1.82) is 0 Å². The van der Waals surface area contributed by atoms with Crippen molar-refractivity contribution in [2.75, 3.05) is 22.1 Å². The summed E-state index contributed by atoms with van der Waals surface area (Å²) in [7, 11) is 0. The van der Waals surface area contributed by atoms with Gasteiger partial charge in [-0.2, -0.15) is 0 Å². The molecule has 0 fully saturated rings. The highest BCUT2D eigenvalue weighted by Crippen LogP contribution is 2.31. The van der Waals surface area contributed by atoms with Gasteiger partial charge in [-0.05, 0) is 97.8 Å². The smallest absolute Gasteiger partial charge is 0.255 e. The summed E-state index contributed by atoms with van der Waals surface area (Å²) in [5, 5.41) is 6.19. The Bertz CT molecular complexity index is 1480. The van der Waals surface area contributed by atoms with E-state index >= 15 is 0 Å². The van der Waals surface area contributed by atoms with Gasteiger partial charge >= 0.3 is 0 Å². The summed E-state index contributed by atoms with van der Waals surface area (Å²) >= 11 is 0. The van der Waals surface area contributed by atoms with Gasteiger partial charge in [0.1, 0.15) is 11.5 Å². The molecule has 0 aliphatic rings. The zero-order chi connectivity index (χ0) is 28.1. The van der Waals surface area contributed by atoms with Crippen molar-refractivity contribution >= 4 is 34.4 Å². The van der Waals surface area contributed by atoms with Gasteiger partial charge in [-0.3, -0.25) is 9.59 Å². The maximum absolute atomic E-state index is 12.9. The minimum Gasteiger partial charge on any atom is -0.457 e. The molecular weight excluding hydrogens is 488 g/mol. The van der Waals surface area contributed by atoms with E-state index in [0.717, 1.165) is 16.8 Å². The summed E-state index contributed by atoms with van der Waals surface area (Å²) in [6.07, 6.45) is 0. The molecule has 0 heterocycles. The standard InChI is InChI=1S/C32H34N4O3/c1-19(2)31(37)21-5-11-25(12-6-21)39-26-13-7-22(8-14-26)32(38)36-30-16-10-24(18-28(30)34)23-9-15-29(27(33)17-23)35-20(3)4/h5-20,35H,33-34H2,1-4H3,(H,36,38). The second-order valence-electron chi connectivity index (χ2n) is 10.0. The maximum atomic E-state index is 12.9. The lowest BCUT2D eigenvalue weighted by atomic mass is 10.0. The third-order valence-electron chi connectivity index (χ3n) is 6.14. The minimum absolute atomic E-state index is 0.0623. The highest BCUT2D eigenvalue weighted by Gasteiger charge is 2.12. The number of nitrogens with one attached hydrogen (secondary N) is 2. The molecule has 7 nitrogen and oxygen atoms in total. The average molecular weight is 523 g/mol. The predicted octanol–water partition coefficient (Wildman–Crippen LogP) is 7.22. The van der Waals surface area contributed by atoms with Crippen LogP contribution >= 0.6 is 0 Å². The minimum atomic E-state index is -0.286. The van der Waals surface area contributed by atoms with E-state index in [0.29, 0.717) is 39.7 Å². The number of carbonyl (C=O) groups is 2. The molecule has 39 heavy (non-hydrogen) atoms. The van der Waals surface area contributed by atoms with Crippen LogP contribution in [0.1, 0.15) is 48.4 Å². The van der Waals surface area contributed by atoms with Gasteiger partial charge in [-0.25, -0.2) is 0 Å². The van der Waals surface area contributed by atoms with E-state index in [1.165, 1.54) is 0 Å². The molecule has 7 heteroatoms. The zero-order valence-corrected chi connectivity index (χ0v) is 22.6. The van der Waals surface area contributed by atoms with E-state index in [1.54, 1.807) is 54.6 Å². The third kappa shape index (κ3) is 6.76. The predicted molar refractivity (Wildman–Crippen MR) is 160 cm³/mol. The van der Waals surface area contributed by atoms with Crippen LogP contribution in [0.3, 0.4) is 0 Å². The first kappa shape index (κ1) is 27.3. The Hall–Kier alpha value is -4.78. The van der Waals surface area contributed by atoms with Gasteiger partial charge in [0.15, 0.2) is 5.78 Å². The Kier molecular flexibility index (Phi) is 8.20. The molecule has 4 rings (SSSR count). The molecule has 0 aliphatic carbocycles. The van der Waals surface area contributed by atoms with Crippen molar-refractivity contribution in [3.8, 4) is 22.6 Å². The molecule has 0 aromatic heterocycles. The number of hydrogen-bond donors (Lipinski definition) is 4. The Labute approximate surface area is 229 Å². The number of Topliss-reactive ketones (excluding diaryl/α,β-unsaturated/α-hetero) is 1. The fourth-order valence-electron chi connectivity index (χ4n) is 4.07. The zero-order valence-electron chi connectivity index (χ0n) is 22.6. The number of carbonyl (C=O) groups excluding carboxylic acids is 2. The van der Waals surface area contributed by atoms with E-state index in [2.05, 4.69) is 24.5 Å². The number of nitrogen functional groups attached to an aromatic ring is 2. The molecule has 4 aromatic rings. The van der Waals surface area contributed by atoms with E-state index < -0.39 is 0 Å². The topological polar surface area (TPSA) is 119 Å². The summed E-state index contributed by atoms with van der Waals surface area (Å²) in [4.78, 5) is 25.0. The Balaban J connectivity index is 1.40. The lowest BCUT2D eigenvalue weighted by Crippen LogP contribution is -2.13. The monoisotopic (exact) mass is 522 g/mol. The summed E-state index contributed by atoms with van der Waals surface area (Å²) in [5.74, 6) is 0.920. The first-order chi connectivity index (χ1) is 18.6. The third-order valence-corrected chi connectivity index (χ3v) is 6.14. The van der Waals surface area contributed by atoms with Gasteiger partial charge in [0.2, 0.25) is 0 Å². The van der Waals surface area contributed by atoms with E-state index in [1.807, 2.05) is 44.2 Å². The van der Waals surface area contributed by atoms with E-state index in [4.69, 9.17) is 16.2 Å². The van der Waals surface area contributed by atoms with Crippen molar-refractivity contribution < 1.29 is 14.3 Å². The van der Waals surface area contributed by atoms with Gasteiger partial charge in [0.05, 0.1) is 22.7 Å². The van der Waals surface area contributed by atoms with Crippen molar-refractivity contribution in [3.05, 3.63) is 96.1 Å². The van der Waals surface area contributed by atoms with Crippen LogP contribution in [-0.4, -0.2) is 17.7 Å². The second kappa shape index (κ2) is 11.7. The van der Waals surface area contributed by atoms with Crippen LogP contribution in [0.5, 0.6) is 11.5 Å². The van der Waals surface area contributed by atoms with Crippen LogP contribution in [0.15, 0.2) is 84.9 Å². The molecule has 0 unspecified atom stereocenters. The van der Waals surface area contributed by atoms with Crippen LogP contribution in [-0.2, 0) is 0 Å². The largest absolute Gasteiger partial charge is 0.457 e. The highest BCUT2D eigenvalue weighted by atomic mass is 16.5. The molecule has 0 spiro atoms. The molecule has 0 saturated carbocycles. The lowest BCUT2D eigenvalue weighted by molar-refractivity contribution is 0.0938. The number of hydrogen-bond acceptors (Lipinski definition) is 6. The maximum Gasteiger partial charge on any atom is 0.255 e. The average Bonchev–Trinajstić information content (AvgIpc) is 2.91. The Morgan fingerprint density at radius 3 is 1.62 bits per heavy atom. The number of ether oxygens (including phenoxy) is 1. The van der Waals surface area contributed by atoms with Crippen LogP contribution in [0.2, 0.25) is 0 Å². The highest BCUT2D eigenvalue weighted by molar-refractivity contribution is 6.06. The molecule has 200 valence electrons. The number of benzene rings is 4. The van der Waals surface area contributed by atoms with Crippen LogP contribution in [0, 0.1) is 5.92 Å². The fourth-order valence-corrected chi connectivity index (χ4v) is 4.07. The van der Waals surface area contributed by atoms with Crippen molar-refractivity contribution in [2.24, 2.45) is 5.92 Å².